The lowest BCUT2D eigenvalue weighted by atomic mass is 9.95. The van der Waals surface area contributed by atoms with Crippen molar-refractivity contribution in [2.45, 2.75) is 19.5 Å². The number of thiophene rings is 1. The van der Waals surface area contributed by atoms with E-state index in [4.69, 9.17) is 19.2 Å². The number of halogens is 2. The summed E-state index contributed by atoms with van der Waals surface area (Å²) in [5.74, 6) is -1.81. The molecule has 4 heterocycles. The van der Waals surface area contributed by atoms with E-state index in [2.05, 4.69) is 27.4 Å². The van der Waals surface area contributed by atoms with Crippen LogP contribution in [-0.2, 0) is 16.1 Å². The van der Waals surface area contributed by atoms with Crippen molar-refractivity contribution in [1.82, 2.24) is 25.8 Å². The zero-order chi connectivity index (χ0) is 32.5. The molecule has 0 aliphatic carbocycles. The number of fused-ring (bicyclic) bond motifs is 2. The quantitative estimate of drug-likeness (QED) is 0.120. The molecular weight excluding hydrogens is 616 g/mol. The third kappa shape index (κ3) is 5.59. The van der Waals surface area contributed by atoms with E-state index < -0.39 is 17.7 Å². The number of carbonyl (C=O) groups is 2. The van der Waals surface area contributed by atoms with Gasteiger partial charge < -0.3 is 24.8 Å². The van der Waals surface area contributed by atoms with E-state index in [1.165, 1.54) is 31.6 Å². The summed E-state index contributed by atoms with van der Waals surface area (Å²) in [6, 6.07) is 8.55. The van der Waals surface area contributed by atoms with Gasteiger partial charge in [0, 0.05) is 52.6 Å². The second-order valence-electron chi connectivity index (χ2n) is 10.5. The third-order valence-corrected chi connectivity index (χ3v) is 8.57. The molecule has 0 bridgehead atoms. The molecule has 1 aliphatic rings. The number of hydrogen-bond acceptors (Lipinski definition) is 8. The predicted molar refractivity (Wildman–Crippen MR) is 170 cm³/mol. The molecule has 6 rings (SSSR count). The highest BCUT2D eigenvalue weighted by molar-refractivity contribution is 7.18. The average molecular weight is 646 g/mol. The van der Waals surface area contributed by atoms with E-state index in [0.717, 1.165) is 17.7 Å². The van der Waals surface area contributed by atoms with Crippen molar-refractivity contribution in [3.8, 4) is 45.3 Å². The Morgan fingerprint density at radius 3 is 2.70 bits per heavy atom. The molecule has 46 heavy (non-hydrogen) atoms. The van der Waals surface area contributed by atoms with Gasteiger partial charge in [0.05, 0.1) is 36.7 Å². The van der Waals surface area contributed by atoms with Gasteiger partial charge in [-0.05, 0) is 48.2 Å². The summed E-state index contributed by atoms with van der Waals surface area (Å²) in [7, 11) is 3.01. The smallest absolute Gasteiger partial charge is 0.252 e. The lowest BCUT2D eigenvalue weighted by Crippen LogP contribution is -2.24. The maximum absolute atomic E-state index is 16.0. The number of nitrogens with one attached hydrogen (secondary N) is 3. The third-order valence-electron chi connectivity index (χ3n) is 7.64. The first kappa shape index (κ1) is 30.9. The van der Waals surface area contributed by atoms with Gasteiger partial charge >= 0.3 is 0 Å². The minimum atomic E-state index is -0.847. The van der Waals surface area contributed by atoms with Gasteiger partial charge in [0.1, 0.15) is 41.1 Å². The molecule has 3 aromatic heterocycles. The fraction of sp³-hybridized carbons (Fsp3) is 0.212. The maximum atomic E-state index is 16.0. The molecule has 3 N–H and O–H groups in total. The predicted octanol–water partition coefficient (Wildman–Crippen LogP) is 5.94. The number of methoxy groups -OCH3 is 2. The molecule has 0 saturated heterocycles. The topological polar surface area (TPSA) is 127 Å². The van der Waals surface area contributed by atoms with Crippen molar-refractivity contribution in [3.63, 3.8) is 0 Å². The van der Waals surface area contributed by atoms with Crippen LogP contribution in [-0.4, -0.2) is 54.4 Å². The van der Waals surface area contributed by atoms with E-state index >= 15 is 4.39 Å². The molecule has 0 saturated carbocycles. The molecule has 1 atom stereocenters. The van der Waals surface area contributed by atoms with E-state index in [0.29, 0.717) is 56.2 Å². The van der Waals surface area contributed by atoms with Crippen LogP contribution < -0.4 is 20.1 Å². The molecule has 0 spiro atoms. The Morgan fingerprint density at radius 2 is 1.93 bits per heavy atom. The number of carbonyl (C=O) groups excluding carboxylic acids is 2. The minimum Gasteiger partial charge on any atom is -0.496 e. The van der Waals surface area contributed by atoms with Gasteiger partial charge in [-0.1, -0.05) is 6.58 Å². The first-order valence-electron chi connectivity index (χ1n) is 14.2. The fourth-order valence-corrected chi connectivity index (χ4v) is 6.37. The van der Waals surface area contributed by atoms with Crippen molar-refractivity contribution in [1.29, 1.82) is 0 Å². The number of rotatable bonds is 11. The van der Waals surface area contributed by atoms with Crippen LogP contribution in [0.15, 0.2) is 54.4 Å². The van der Waals surface area contributed by atoms with E-state index in [1.807, 2.05) is 17.5 Å². The summed E-state index contributed by atoms with van der Waals surface area (Å²) in [6.07, 6.45) is 1.17. The Bertz CT molecular complexity index is 2010. The van der Waals surface area contributed by atoms with Crippen LogP contribution in [0.25, 0.3) is 43.9 Å². The molecule has 0 radical (unpaired) electrons. The lowest BCUT2D eigenvalue weighted by molar-refractivity contribution is -0.117. The van der Waals surface area contributed by atoms with Crippen molar-refractivity contribution in [2.24, 2.45) is 0 Å². The lowest BCUT2D eigenvalue weighted by Gasteiger charge is -2.18. The Labute approximate surface area is 266 Å². The van der Waals surface area contributed by atoms with Gasteiger partial charge in [-0.3, -0.25) is 14.7 Å². The number of nitrogens with zero attached hydrogens (tertiary/aromatic N) is 2. The van der Waals surface area contributed by atoms with Crippen molar-refractivity contribution in [3.05, 3.63) is 82.9 Å². The van der Waals surface area contributed by atoms with Crippen molar-refractivity contribution < 1.29 is 32.6 Å². The van der Waals surface area contributed by atoms with Gasteiger partial charge in [0.15, 0.2) is 0 Å². The monoisotopic (exact) mass is 645 g/mol. The molecule has 13 heteroatoms. The highest BCUT2D eigenvalue weighted by Gasteiger charge is 2.29. The second kappa shape index (κ2) is 12.7. The first-order valence-corrected chi connectivity index (χ1v) is 15.1. The molecule has 236 valence electrons. The maximum Gasteiger partial charge on any atom is 0.252 e. The summed E-state index contributed by atoms with van der Waals surface area (Å²) in [5, 5.41) is 15.6. The number of hydrogen-bond donors (Lipinski definition) is 3. The minimum absolute atomic E-state index is 0.00674. The van der Waals surface area contributed by atoms with Gasteiger partial charge in [-0.15, -0.1) is 11.3 Å². The van der Waals surface area contributed by atoms with Crippen LogP contribution in [0.1, 0.15) is 34.6 Å². The molecule has 2 amide bonds. The summed E-state index contributed by atoms with van der Waals surface area (Å²) in [5.41, 5.74) is 3.94. The van der Waals surface area contributed by atoms with Crippen molar-refractivity contribution >= 4 is 33.2 Å². The van der Waals surface area contributed by atoms with Crippen LogP contribution in [0.5, 0.6) is 11.5 Å². The number of ether oxygens (including phenoxy) is 3. The van der Waals surface area contributed by atoms with E-state index in [1.54, 1.807) is 19.1 Å². The summed E-state index contributed by atoms with van der Waals surface area (Å²) in [6.45, 7) is 5.86. The number of amides is 2. The normalized spacial score (nSPS) is 12.9. The molecule has 10 nitrogen and oxygen atoms in total. The SMILES string of the molecule is C=CC(=O)NC(C)c1cc(-c2nc(-c3cc4c(cc3OC)C(=O)NC4)c3ccsc3c2-c2c(F)cc(F)cc2OCCOC)n[nH]1. The zero-order valence-corrected chi connectivity index (χ0v) is 25.9. The summed E-state index contributed by atoms with van der Waals surface area (Å²) >= 11 is 1.35. The number of H-pyrrole nitrogens is 1. The Morgan fingerprint density at radius 1 is 1.11 bits per heavy atom. The van der Waals surface area contributed by atoms with Gasteiger partial charge in [0.25, 0.3) is 5.91 Å². The molecule has 1 unspecified atom stereocenters. The Balaban J connectivity index is 1.64. The van der Waals surface area contributed by atoms with Crippen LogP contribution in [0, 0.1) is 11.6 Å². The molecule has 2 aromatic carbocycles. The largest absolute Gasteiger partial charge is 0.496 e. The van der Waals surface area contributed by atoms with Gasteiger partial charge in [-0.25, -0.2) is 13.8 Å². The molecule has 0 fully saturated rings. The highest BCUT2D eigenvalue weighted by atomic mass is 32.1. The zero-order valence-electron chi connectivity index (χ0n) is 25.1. The molecule has 1 aliphatic heterocycles. The molecular formula is C33H29F2N5O5S. The first-order chi connectivity index (χ1) is 22.2. The summed E-state index contributed by atoms with van der Waals surface area (Å²) in [4.78, 5) is 29.5. The van der Waals surface area contributed by atoms with Gasteiger partial charge in [-0.2, -0.15) is 5.10 Å². The number of pyridine rings is 1. The fourth-order valence-electron chi connectivity index (χ4n) is 5.43. The van der Waals surface area contributed by atoms with Crippen LogP contribution in [0.4, 0.5) is 8.78 Å². The second-order valence-corrected chi connectivity index (χ2v) is 11.4. The standard InChI is InChI=1S/C33H29F2N5O5S/c1-5-27(41)37-16(2)23-14-24(40-39-23)31-29(28-22(35)11-18(34)12-26(28)45-8-7-43-3)32-19(6-9-46-32)30(38-31)21-10-17-15-36-33(42)20(17)13-25(21)44-4/h5-6,9-14,16H,1,7-8,15H2,2-4H3,(H,36,42)(H,37,41)(H,39,40). The number of aromatic amines is 1. The number of benzene rings is 2. The van der Waals surface area contributed by atoms with E-state index in [9.17, 15) is 14.0 Å². The number of aromatic nitrogens is 3. The van der Waals surface area contributed by atoms with Crippen molar-refractivity contribution in [2.75, 3.05) is 27.4 Å². The van der Waals surface area contributed by atoms with Crippen LogP contribution in [0.2, 0.25) is 0 Å². The Kier molecular flexibility index (Phi) is 8.52. The van der Waals surface area contributed by atoms with Gasteiger partial charge in [0.2, 0.25) is 5.91 Å². The van der Waals surface area contributed by atoms with Crippen LogP contribution in [0.3, 0.4) is 0 Å². The highest BCUT2D eigenvalue weighted by Crippen LogP contribution is 2.48. The Hall–Kier alpha value is -5.14. The van der Waals surface area contributed by atoms with Crippen LogP contribution >= 0.6 is 11.3 Å². The molecule has 5 aromatic rings. The summed E-state index contributed by atoms with van der Waals surface area (Å²) < 4.78 is 47.8. The van der Waals surface area contributed by atoms with E-state index in [-0.39, 0.29) is 42.0 Å². The average Bonchev–Trinajstić information content (AvgIpc) is 3.81.